The van der Waals surface area contributed by atoms with E-state index in [9.17, 15) is 19.2 Å². The Morgan fingerprint density at radius 3 is 2.83 bits per heavy atom. The zero-order valence-corrected chi connectivity index (χ0v) is 16.6. The predicted molar refractivity (Wildman–Crippen MR) is 105 cm³/mol. The van der Waals surface area contributed by atoms with Gasteiger partial charge in [-0.1, -0.05) is 6.92 Å². The lowest BCUT2D eigenvalue weighted by Crippen LogP contribution is -2.32. The molecule has 0 spiro atoms. The lowest BCUT2D eigenvalue weighted by atomic mass is 9.88. The van der Waals surface area contributed by atoms with Crippen molar-refractivity contribution in [1.29, 1.82) is 0 Å². The molecule has 154 valence electrons. The molecule has 9 nitrogen and oxygen atoms in total. The summed E-state index contributed by atoms with van der Waals surface area (Å²) in [6, 6.07) is 2.99. The van der Waals surface area contributed by atoms with Crippen LogP contribution in [0.3, 0.4) is 0 Å². The molecule has 0 bridgehead atoms. The number of rotatable bonds is 7. The smallest absolute Gasteiger partial charge is 0.325 e. The van der Waals surface area contributed by atoms with Crippen LogP contribution >= 0.6 is 11.3 Å². The summed E-state index contributed by atoms with van der Waals surface area (Å²) in [6.07, 6.45) is 3.87. The van der Waals surface area contributed by atoms with Crippen LogP contribution in [0.5, 0.6) is 0 Å². The topological polar surface area (TPSA) is 141 Å². The number of hydrogen-bond donors (Lipinski definition) is 3. The third kappa shape index (κ3) is 5.02. The van der Waals surface area contributed by atoms with Gasteiger partial charge < -0.3 is 25.5 Å². The first-order valence-electron chi connectivity index (χ1n) is 9.06. The summed E-state index contributed by atoms with van der Waals surface area (Å²) < 4.78 is 9.75. The lowest BCUT2D eigenvalue weighted by molar-refractivity contribution is -0.146. The number of thiophene rings is 1. The molecule has 10 heteroatoms. The van der Waals surface area contributed by atoms with Gasteiger partial charge in [-0.05, 0) is 42.9 Å². The largest absolute Gasteiger partial charge is 0.459 e. The summed E-state index contributed by atoms with van der Waals surface area (Å²) in [5.41, 5.74) is 6.74. The van der Waals surface area contributed by atoms with Gasteiger partial charge in [0.25, 0.3) is 17.7 Å². The van der Waals surface area contributed by atoms with E-state index in [1.807, 2.05) is 0 Å². The third-order valence-electron chi connectivity index (χ3n) is 4.51. The predicted octanol–water partition coefficient (Wildman–Crippen LogP) is 1.48. The molecular formula is C19H21N3O6S. The minimum absolute atomic E-state index is 0.0607. The number of nitrogens with one attached hydrogen (secondary N) is 2. The molecule has 3 amide bonds. The number of furan rings is 1. The van der Waals surface area contributed by atoms with Gasteiger partial charge >= 0.3 is 5.97 Å². The van der Waals surface area contributed by atoms with Crippen molar-refractivity contribution in [3.63, 3.8) is 0 Å². The summed E-state index contributed by atoms with van der Waals surface area (Å²) in [4.78, 5) is 48.5. The quantitative estimate of drug-likeness (QED) is 0.581. The number of hydrogen-bond acceptors (Lipinski definition) is 7. The second-order valence-electron chi connectivity index (χ2n) is 6.79. The fourth-order valence-corrected chi connectivity index (χ4v) is 4.54. The van der Waals surface area contributed by atoms with Crippen molar-refractivity contribution in [2.24, 2.45) is 11.7 Å². The molecule has 2 aromatic rings. The Bertz CT molecular complexity index is 934. The SMILES string of the molecule is C[C@@H]1CCc2c(sc(NC(=O)COC(=O)CNC(=O)c3ccco3)c2C(N)=O)C1. The third-order valence-corrected chi connectivity index (χ3v) is 5.68. The second-order valence-corrected chi connectivity index (χ2v) is 7.89. The maximum Gasteiger partial charge on any atom is 0.325 e. The Morgan fingerprint density at radius 2 is 2.14 bits per heavy atom. The van der Waals surface area contributed by atoms with Crippen molar-refractivity contribution < 1.29 is 28.3 Å². The van der Waals surface area contributed by atoms with Crippen molar-refractivity contribution in [2.45, 2.75) is 26.2 Å². The van der Waals surface area contributed by atoms with E-state index in [-0.39, 0.29) is 5.76 Å². The Labute approximate surface area is 170 Å². The van der Waals surface area contributed by atoms with Crippen LogP contribution in [-0.2, 0) is 27.2 Å². The standard InChI is InChI=1S/C19H21N3O6S/c1-10-4-5-11-13(7-10)29-19(16(11)17(20)25)22-14(23)9-28-15(24)8-21-18(26)12-3-2-6-27-12/h2-3,6,10H,4-5,7-9H2,1H3,(H2,20,25)(H,21,26)(H,22,23)/t10-/m1/s1. The fourth-order valence-electron chi connectivity index (χ4n) is 3.11. The van der Waals surface area contributed by atoms with Crippen LogP contribution in [0, 0.1) is 5.92 Å². The van der Waals surface area contributed by atoms with E-state index in [1.54, 1.807) is 6.07 Å². The van der Waals surface area contributed by atoms with Crippen molar-refractivity contribution >= 4 is 40.0 Å². The summed E-state index contributed by atoms with van der Waals surface area (Å²) >= 11 is 1.33. The highest BCUT2D eigenvalue weighted by atomic mass is 32.1. The summed E-state index contributed by atoms with van der Waals surface area (Å²) in [5, 5.41) is 5.31. The van der Waals surface area contributed by atoms with Crippen LogP contribution < -0.4 is 16.4 Å². The van der Waals surface area contributed by atoms with Gasteiger partial charge in [0.05, 0.1) is 11.8 Å². The molecule has 2 heterocycles. The number of anilines is 1. The van der Waals surface area contributed by atoms with Crippen molar-refractivity contribution in [3.05, 3.63) is 40.2 Å². The van der Waals surface area contributed by atoms with Gasteiger partial charge in [-0.2, -0.15) is 0 Å². The number of ether oxygens (including phenoxy) is 1. The van der Waals surface area contributed by atoms with Crippen LogP contribution in [0.4, 0.5) is 5.00 Å². The second kappa shape index (κ2) is 8.91. The molecule has 2 aromatic heterocycles. The number of carbonyl (C=O) groups excluding carboxylic acids is 4. The first kappa shape index (κ1) is 20.6. The van der Waals surface area contributed by atoms with Gasteiger partial charge in [-0.3, -0.25) is 19.2 Å². The summed E-state index contributed by atoms with van der Waals surface area (Å²) in [5.74, 6) is -1.97. The van der Waals surface area contributed by atoms with E-state index in [4.69, 9.17) is 14.9 Å². The molecule has 0 aromatic carbocycles. The zero-order chi connectivity index (χ0) is 21.0. The van der Waals surface area contributed by atoms with Gasteiger partial charge in [0.2, 0.25) is 0 Å². The highest BCUT2D eigenvalue weighted by Crippen LogP contribution is 2.39. The Morgan fingerprint density at radius 1 is 1.34 bits per heavy atom. The molecule has 0 saturated heterocycles. The molecule has 0 saturated carbocycles. The normalized spacial score (nSPS) is 15.3. The van der Waals surface area contributed by atoms with Crippen molar-refractivity contribution in [1.82, 2.24) is 5.32 Å². The first-order valence-corrected chi connectivity index (χ1v) is 9.88. The molecule has 4 N–H and O–H groups in total. The van der Waals surface area contributed by atoms with Gasteiger partial charge in [-0.25, -0.2) is 0 Å². The molecule has 0 unspecified atom stereocenters. The van der Waals surface area contributed by atoms with Crippen LogP contribution in [-0.4, -0.2) is 36.8 Å². The van der Waals surface area contributed by atoms with E-state index in [2.05, 4.69) is 17.6 Å². The number of esters is 1. The Hall–Kier alpha value is -3.14. The maximum atomic E-state index is 12.2. The Kier molecular flexibility index (Phi) is 6.32. The van der Waals surface area contributed by atoms with Crippen LogP contribution in [0.2, 0.25) is 0 Å². The summed E-state index contributed by atoms with van der Waals surface area (Å²) in [7, 11) is 0. The number of amides is 3. The number of primary amides is 1. The summed E-state index contributed by atoms with van der Waals surface area (Å²) in [6.45, 7) is 1.17. The lowest BCUT2D eigenvalue weighted by Gasteiger charge is -2.18. The van der Waals surface area contributed by atoms with E-state index in [0.29, 0.717) is 16.5 Å². The molecule has 29 heavy (non-hydrogen) atoms. The molecule has 0 aliphatic heterocycles. The van der Waals surface area contributed by atoms with Crippen LogP contribution in [0.1, 0.15) is 44.7 Å². The maximum absolute atomic E-state index is 12.2. The first-order chi connectivity index (χ1) is 13.8. The number of nitrogens with two attached hydrogens (primary N) is 1. The van der Waals surface area contributed by atoms with Crippen molar-refractivity contribution in [2.75, 3.05) is 18.5 Å². The van der Waals surface area contributed by atoms with Crippen LogP contribution in [0.15, 0.2) is 22.8 Å². The number of carbonyl (C=O) groups is 4. The molecule has 0 radical (unpaired) electrons. The average Bonchev–Trinajstić information content (AvgIpc) is 3.31. The highest BCUT2D eigenvalue weighted by Gasteiger charge is 2.27. The van der Waals surface area contributed by atoms with Gasteiger partial charge in [0.1, 0.15) is 11.5 Å². The molecular weight excluding hydrogens is 398 g/mol. The van der Waals surface area contributed by atoms with Crippen LogP contribution in [0.25, 0.3) is 0 Å². The minimum Gasteiger partial charge on any atom is -0.459 e. The van der Waals surface area contributed by atoms with Gasteiger partial charge in [-0.15, -0.1) is 11.3 Å². The minimum atomic E-state index is -0.783. The average molecular weight is 419 g/mol. The highest BCUT2D eigenvalue weighted by molar-refractivity contribution is 7.17. The zero-order valence-electron chi connectivity index (χ0n) is 15.8. The molecule has 3 rings (SSSR count). The van der Waals surface area contributed by atoms with Crippen molar-refractivity contribution in [3.8, 4) is 0 Å². The van der Waals surface area contributed by atoms with E-state index >= 15 is 0 Å². The molecule has 1 aliphatic carbocycles. The van der Waals surface area contributed by atoms with Gasteiger partial charge in [0, 0.05) is 4.88 Å². The molecule has 0 fully saturated rings. The van der Waals surface area contributed by atoms with E-state index < -0.39 is 36.8 Å². The van der Waals surface area contributed by atoms with Gasteiger partial charge in [0.15, 0.2) is 12.4 Å². The Balaban J connectivity index is 1.52. The monoisotopic (exact) mass is 419 g/mol. The fraction of sp³-hybridized carbons (Fsp3) is 0.368. The molecule has 1 aliphatic rings. The van der Waals surface area contributed by atoms with E-state index in [0.717, 1.165) is 29.7 Å². The number of fused-ring (bicyclic) bond motifs is 1. The van der Waals surface area contributed by atoms with E-state index in [1.165, 1.54) is 23.7 Å². The molecule has 1 atom stereocenters.